The highest BCUT2D eigenvalue weighted by atomic mass is 35.5. The van der Waals surface area contributed by atoms with Crippen LogP contribution in [0.15, 0.2) is 18.5 Å². The summed E-state index contributed by atoms with van der Waals surface area (Å²) in [5.41, 5.74) is 2.52. The highest BCUT2D eigenvalue weighted by Crippen LogP contribution is 2.33. The molecule has 1 unspecified atom stereocenters. The maximum Gasteiger partial charge on any atom is 0.0789 e. The predicted molar refractivity (Wildman–Crippen MR) is 63.0 cm³/mol. The molecule has 0 amide bonds. The molecule has 5 heteroatoms. The molecule has 0 spiro atoms. The van der Waals surface area contributed by atoms with Gasteiger partial charge < -0.3 is 10.2 Å². The molecule has 0 aliphatic carbocycles. The van der Waals surface area contributed by atoms with Crippen LogP contribution in [0.3, 0.4) is 0 Å². The lowest BCUT2D eigenvalue weighted by molar-refractivity contribution is 0.795. The molecular formula is C9H13Cl2N3. The van der Waals surface area contributed by atoms with Gasteiger partial charge in [-0.1, -0.05) is 0 Å². The highest BCUT2D eigenvalue weighted by molar-refractivity contribution is 5.85. The van der Waals surface area contributed by atoms with E-state index in [1.807, 2.05) is 12.4 Å². The molecule has 2 aliphatic rings. The summed E-state index contributed by atoms with van der Waals surface area (Å²) >= 11 is 0. The number of fused-ring (bicyclic) bond motifs is 4. The van der Waals surface area contributed by atoms with Crippen molar-refractivity contribution < 1.29 is 0 Å². The van der Waals surface area contributed by atoms with Crippen molar-refractivity contribution in [2.24, 2.45) is 0 Å². The number of hydrogen-bond acceptors (Lipinski definition) is 3. The average Bonchev–Trinajstić information content (AvgIpc) is 2.49. The number of aromatic nitrogens is 1. The number of hydrogen-bond donors (Lipinski definition) is 1. The van der Waals surface area contributed by atoms with E-state index in [0.717, 1.165) is 6.54 Å². The van der Waals surface area contributed by atoms with Crippen LogP contribution in [0.1, 0.15) is 6.42 Å². The van der Waals surface area contributed by atoms with Crippen LogP contribution in [-0.2, 0) is 0 Å². The molecule has 0 saturated carbocycles. The van der Waals surface area contributed by atoms with E-state index in [2.05, 4.69) is 21.3 Å². The summed E-state index contributed by atoms with van der Waals surface area (Å²) in [7, 11) is 0. The van der Waals surface area contributed by atoms with Gasteiger partial charge in [0.15, 0.2) is 0 Å². The third-order valence-corrected chi connectivity index (χ3v) is 2.69. The van der Waals surface area contributed by atoms with E-state index in [-0.39, 0.29) is 24.8 Å². The molecule has 78 valence electrons. The molecule has 14 heavy (non-hydrogen) atoms. The fourth-order valence-electron chi connectivity index (χ4n) is 2.08. The maximum absolute atomic E-state index is 4.13. The Balaban J connectivity index is 0.000000490. The normalized spacial score (nSPS) is 21.4. The van der Waals surface area contributed by atoms with Crippen LogP contribution in [-0.4, -0.2) is 24.1 Å². The first-order valence-corrected chi connectivity index (χ1v) is 4.39. The Morgan fingerprint density at radius 2 is 2.29 bits per heavy atom. The Morgan fingerprint density at radius 1 is 1.43 bits per heavy atom. The minimum Gasteiger partial charge on any atom is -0.379 e. The molecule has 0 radical (unpaired) electrons. The molecule has 2 aliphatic heterocycles. The number of halogens is 2. The monoisotopic (exact) mass is 233 g/mol. The van der Waals surface area contributed by atoms with Gasteiger partial charge in [0.1, 0.15) is 0 Å². The SMILES string of the molecule is Cl.Cl.c1cc2c(cn1)N1CCC(C1)N2. The van der Waals surface area contributed by atoms with Gasteiger partial charge in [0.05, 0.1) is 17.6 Å². The van der Waals surface area contributed by atoms with Crippen LogP contribution in [0.2, 0.25) is 0 Å². The van der Waals surface area contributed by atoms with Gasteiger partial charge in [-0.15, -0.1) is 24.8 Å². The average molecular weight is 234 g/mol. The summed E-state index contributed by atoms with van der Waals surface area (Å²) in [5.74, 6) is 0. The van der Waals surface area contributed by atoms with Crippen LogP contribution in [0.4, 0.5) is 11.4 Å². The molecule has 3 heterocycles. The van der Waals surface area contributed by atoms with E-state index in [0.29, 0.717) is 6.04 Å². The Morgan fingerprint density at radius 3 is 3.14 bits per heavy atom. The summed E-state index contributed by atoms with van der Waals surface area (Å²) in [6.45, 7) is 2.33. The lowest BCUT2D eigenvalue weighted by Gasteiger charge is -2.27. The van der Waals surface area contributed by atoms with Crippen molar-refractivity contribution in [3.8, 4) is 0 Å². The first-order valence-electron chi connectivity index (χ1n) is 4.39. The van der Waals surface area contributed by atoms with Crippen molar-refractivity contribution in [2.75, 3.05) is 23.3 Å². The molecule has 1 aromatic heterocycles. The molecule has 0 aromatic carbocycles. The van der Waals surface area contributed by atoms with Crippen molar-refractivity contribution in [2.45, 2.75) is 12.5 Å². The van der Waals surface area contributed by atoms with Gasteiger partial charge in [-0.05, 0) is 12.5 Å². The second-order valence-corrected chi connectivity index (χ2v) is 3.47. The fourth-order valence-corrected chi connectivity index (χ4v) is 2.08. The van der Waals surface area contributed by atoms with Crippen LogP contribution in [0.5, 0.6) is 0 Å². The Hall–Kier alpha value is -0.670. The van der Waals surface area contributed by atoms with E-state index in [1.165, 1.54) is 24.3 Å². The van der Waals surface area contributed by atoms with Crippen molar-refractivity contribution in [1.29, 1.82) is 0 Å². The zero-order valence-electron chi connectivity index (χ0n) is 7.64. The highest BCUT2D eigenvalue weighted by Gasteiger charge is 2.29. The molecule has 3 rings (SSSR count). The molecule has 1 saturated heterocycles. The van der Waals surface area contributed by atoms with Gasteiger partial charge in [-0.2, -0.15) is 0 Å². The third kappa shape index (κ3) is 1.62. The van der Waals surface area contributed by atoms with Gasteiger partial charge in [0.25, 0.3) is 0 Å². The van der Waals surface area contributed by atoms with Gasteiger partial charge in [-0.25, -0.2) is 0 Å². The van der Waals surface area contributed by atoms with Crippen LogP contribution in [0, 0.1) is 0 Å². The Bertz CT molecular complexity index is 319. The number of nitrogens with one attached hydrogen (secondary N) is 1. The lowest BCUT2D eigenvalue weighted by Crippen LogP contribution is -2.31. The van der Waals surface area contributed by atoms with Gasteiger partial charge >= 0.3 is 0 Å². The summed E-state index contributed by atoms with van der Waals surface area (Å²) in [6, 6.07) is 2.72. The van der Waals surface area contributed by atoms with Gasteiger partial charge in [-0.3, -0.25) is 4.98 Å². The van der Waals surface area contributed by atoms with Crippen molar-refractivity contribution >= 4 is 36.2 Å². The smallest absolute Gasteiger partial charge is 0.0789 e. The van der Waals surface area contributed by atoms with E-state index in [4.69, 9.17) is 0 Å². The summed E-state index contributed by atoms with van der Waals surface area (Å²) in [6.07, 6.45) is 5.05. The second kappa shape index (κ2) is 4.24. The second-order valence-electron chi connectivity index (χ2n) is 3.47. The largest absolute Gasteiger partial charge is 0.379 e. The maximum atomic E-state index is 4.13. The minimum atomic E-state index is 0. The number of rotatable bonds is 0. The van der Waals surface area contributed by atoms with Gasteiger partial charge in [0, 0.05) is 25.3 Å². The van der Waals surface area contributed by atoms with Crippen LogP contribution in [0.25, 0.3) is 0 Å². The van der Waals surface area contributed by atoms with E-state index in [9.17, 15) is 0 Å². The predicted octanol–water partition coefficient (Wildman–Crippen LogP) is 1.93. The fraction of sp³-hybridized carbons (Fsp3) is 0.444. The quantitative estimate of drug-likeness (QED) is 0.743. The number of nitrogens with zero attached hydrogens (tertiary/aromatic N) is 2. The number of pyridine rings is 1. The minimum absolute atomic E-state index is 0. The molecule has 1 aromatic rings. The number of anilines is 2. The van der Waals surface area contributed by atoms with Crippen molar-refractivity contribution in [1.82, 2.24) is 4.98 Å². The van der Waals surface area contributed by atoms with E-state index in [1.54, 1.807) is 0 Å². The topological polar surface area (TPSA) is 28.2 Å². The molecule has 1 atom stereocenters. The Labute approximate surface area is 95.7 Å². The lowest BCUT2D eigenvalue weighted by atomic mass is 10.2. The van der Waals surface area contributed by atoms with E-state index >= 15 is 0 Å². The van der Waals surface area contributed by atoms with E-state index < -0.39 is 0 Å². The standard InChI is InChI=1S/C9H11N3.2ClH/c1-3-10-5-9-8(1)11-7-2-4-12(9)6-7;;/h1,3,5,7,11H,2,4,6H2;2*1H. The summed E-state index contributed by atoms with van der Waals surface area (Å²) < 4.78 is 0. The zero-order chi connectivity index (χ0) is 7.97. The van der Waals surface area contributed by atoms with Crippen LogP contribution < -0.4 is 10.2 Å². The third-order valence-electron chi connectivity index (χ3n) is 2.69. The molecule has 3 nitrogen and oxygen atoms in total. The van der Waals surface area contributed by atoms with Crippen LogP contribution >= 0.6 is 24.8 Å². The summed E-state index contributed by atoms with van der Waals surface area (Å²) in [5, 5.41) is 3.51. The summed E-state index contributed by atoms with van der Waals surface area (Å²) in [4.78, 5) is 6.54. The molecule has 2 bridgehead atoms. The first kappa shape index (κ1) is 11.4. The van der Waals surface area contributed by atoms with Crippen molar-refractivity contribution in [3.63, 3.8) is 0 Å². The Kier molecular flexibility index (Phi) is 3.45. The molecular weight excluding hydrogens is 221 g/mol. The zero-order valence-corrected chi connectivity index (χ0v) is 9.27. The van der Waals surface area contributed by atoms with Crippen molar-refractivity contribution in [3.05, 3.63) is 18.5 Å². The van der Waals surface area contributed by atoms with Gasteiger partial charge in [0.2, 0.25) is 0 Å². The molecule has 1 N–H and O–H groups in total. The molecule has 1 fully saturated rings. The first-order chi connectivity index (χ1) is 5.93.